The maximum absolute atomic E-state index is 11.5. The highest BCUT2D eigenvalue weighted by Gasteiger charge is 2.18. The maximum atomic E-state index is 11.5. The van der Waals surface area contributed by atoms with Gasteiger partial charge in [0, 0.05) is 0 Å². The Labute approximate surface area is 151 Å². The number of rotatable bonds is 4. The first kappa shape index (κ1) is 20.7. The minimum Gasteiger partial charge on any atom is -0.465 e. The summed E-state index contributed by atoms with van der Waals surface area (Å²) >= 11 is 0. The zero-order valence-corrected chi connectivity index (χ0v) is 16.0. The Morgan fingerprint density at radius 1 is 1.04 bits per heavy atom. The molecule has 0 bridgehead atoms. The summed E-state index contributed by atoms with van der Waals surface area (Å²) in [4.78, 5) is 11.5. The molecule has 0 aliphatic carbocycles. The van der Waals surface area contributed by atoms with Crippen LogP contribution < -0.4 is 0 Å². The molecule has 0 aliphatic rings. The fourth-order valence-electron chi connectivity index (χ4n) is 2.41. The molecule has 0 saturated carbocycles. The SMILES string of the molecule is C=C(c1ccc(C(=O)OC)cc1)c1cc(C(C)(C)O)ccc1C.CC. The van der Waals surface area contributed by atoms with Gasteiger partial charge in [-0.25, -0.2) is 4.79 Å². The number of ether oxygens (including phenoxy) is 1. The molecule has 0 amide bonds. The van der Waals surface area contributed by atoms with Crippen LogP contribution >= 0.6 is 0 Å². The van der Waals surface area contributed by atoms with E-state index in [0.717, 1.165) is 27.8 Å². The van der Waals surface area contributed by atoms with Gasteiger partial charge in [-0.05, 0) is 66.8 Å². The Balaban J connectivity index is 0.00000151. The number of hydrogen-bond donors (Lipinski definition) is 1. The van der Waals surface area contributed by atoms with E-state index in [1.54, 1.807) is 26.0 Å². The quantitative estimate of drug-likeness (QED) is 0.788. The summed E-state index contributed by atoms with van der Waals surface area (Å²) in [6.45, 7) is 13.7. The lowest BCUT2D eigenvalue weighted by Crippen LogP contribution is -2.15. The Morgan fingerprint density at radius 2 is 1.56 bits per heavy atom. The molecule has 0 unspecified atom stereocenters. The van der Waals surface area contributed by atoms with Crippen molar-refractivity contribution in [3.05, 3.63) is 76.9 Å². The van der Waals surface area contributed by atoms with Crippen LogP contribution in [0.2, 0.25) is 0 Å². The molecule has 0 fully saturated rings. The van der Waals surface area contributed by atoms with Gasteiger partial charge in [-0.2, -0.15) is 0 Å². The number of hydrogen-bond acceptors (Lipinski definition) is 3. The first-order valence-electron chi connectivity index (χ1n) is 8.45. The number of aryl methyl sites for hydroxylation is 1. The molecular formula is C22H28O3. The second kappa shape index (κ2) is 8.63. The number of carbonyl (C=O) groups excluding carboxylic acids is 1. The van der Waals surface area contributed by atoms with Gasteiger partial charge in [0.1, 0.15) is 0 Å². The second-order valence-electron chi connectivity index (χ2n) is 6.14. The fourth-order valence-corrected chi connectivity index (χ4v) is 2.41. The van der Waals surface area contributed by atoms with Gasteiger partial charge in [-0.3, -0.25) is 0 Å². The number of esters is 1. The molecule has 0 atom stereocenters. The van der Waals surface area contributed by atoms with Crippen LogP contribution in [0.1, 0.15) is 60.3 Å². The van der Waals surface area contributed by atoms with E-state index in [2.05, 4.69) is 6.58 Å². The Bertz CT molecular complexity index is 735. The third kappa shape index (κ3) is 5.04. The van der Waals surface area contributed by atoms with Crippen molar-refractivity contribution in [2.45, 2.75) is 40.2 Å². The van der Waals surface area contributed by atoms with Crippen molar-refractivity contribution in [3.63, 3.8) is 0 Å². The monoisotopic (exact) mass is 340 g/mol. The first-order chi connectivity index (χ1) is 11.7. The van der Waals surface area contributed by atoms with Gasteiger partial charge in [0.15, 0.2) is 0 Å². The topological polar surface area (TPSA) is 46.5 Å². The van der Waals surface area contributed by atoms with E-state index < -0.39 is 5.60 Å². The van der Waals surface area contributed by atoms with Crippen LogP contribution in [0.15, 0.2) is 49.0 Å². The molecule has 2 aromatic rings. The molecule has 0 aromatic heterocycles. The van der Waals surface area contributed by atoms with Gasteiger partial charge < -0.3 is 9.84 Å². The second-order valence-corrected chi connectivity index (χ2v) is 6.14. The molecule has 3 nitrogen and oxygen atoms in total. The Kier molecular flexibility index (Phi) is 7.13. The molecule has 0 saturated heterocycles. The standard InChI is InChI=1S/C20H22O3.C2H6/c1-13-6-11-17(20(3,4)22)12-18(13)14(2)15-7-9-16(10-8-15)19(21)23-5;1-2/h6-12,22H,2H2,1,3-5H3;1-2H3. The molecule has 2 aromatic carbocycles. The highest BCUT2D eigenvalue weighted by Crippen LogP contribution is 2.29. The molecule has 3 heteroatoms. The van der Waals surface area contributed by atoms with Gasteiger partial charge in [-0.15, -0.1) is 0 Å². The zero-order valence-electron chi connectivity index (χ0n) is 16.0. The number of benzene rings is 2. The normalized spacial score (nSPS) is 10.5. The lowest BCUT2D eigenvalue weighted by Gasteiger charge is -2.20. The molecule has 0 aliphatic heterocycles. The van der Waals surface area contributed by atoms with Gasteiger partial charge in [0.25, 0.3) is 0 Å². The summed E-state index contributed by atoms with van der Waals surface area (Å²) in [6.07, 6.45) is 0. The van der Waals surface area contributed by atoms with Gasteiger partial charge in [0.2, 0.25) is 0 Å². The molecular weight excluding hydrogens is 312 g/mol. The van der Waals surface area contributed by atoms with Crippen LogP contribution in [0.4, 0.5) is 0 Å². The lowest BCUT2D eigenvalue weighted by molar-refractivity contribution is 0.0600. The van der Waals surface area contributed by atoms with Crippen LogP contribution in [-0.2, 0) is 10.3 Å². The highest BCUT2D eigenvalue weighted by atomic mass is 16.5. The van der Waals surface area contributed by atoms with Gasteiger partial charge in [-0.1, -0.05) is 44.7 Å². The van der Waals surface area contributed by atoms with Gasteiger partial charge in [0.05, 0.1) is 18.3 Å². The third-order valence-electron chi connectivity index (χ3n) is 3.92. The number of methoxy groups -OCH3 is 1. The summed E-state index contributed by atoms with van der Waals surface area (Å²) < 4.78 is 4.70. The lowest BCUT2D eigenvalue weighted by atomic mass is 9.89. The zero-order chi connectivity index (χ0) is 19.2. The molecule has 25 heavy (non-hydrogen) atoms. The van der Waals surface area contributed by atoms with E-state index >= 15 is 0 Å². The predicted octanol–water partition coefficient (Wildman–Crippen LogP) is 5.10. The summed E-state index contributed by atoms with van der Waals surface area (Å²) in [7, 11) is 1.36. The molecule has 2 rings (SSSR count). The van der Waals surface area contributed by atoms with Crippen molar-refractivity contribution >= 4 is 11.5 Å². The highest BCUT2D eigenvalue weighted by molar-refractivity contribution is 5.90. The summed E-state index contributed by atoms with van der Waals surface area (Å²) in [6, 6.07) is 13.0. The average Bonchev–Trinajstić information content (AvgIpc) is 2.61. The first-order valence-corrected chi connectivity index (χ1v) is 8.45. The predicted molar refractivity (Wildman–Crippen MR) is 104 cm³/mol. The smallest absolute Gasteiger partial charge is 0.337 e. The van der Waals surface area contributed by atoms with Crippen LogP contribution in [0.5, 0.6) is 0 Å². The van der Waals surface area contributed by atoms with Gasteiger partial charge >= 0.3 is 5.97 Å². The average molecular weight is 340 g/mol. The molecule has 1 N–H and O–H groups in total. The van der Waals surface area contributed by atoms with E-state index in [9.17, 15) is 9.90 Å². The van der Waals surface area contributed by atoms with Crippen molar-refractivity contribution < 1.29 is 14.6 Å². The van der Waals surface area contributed by atoms with Crippen LogP contribution in [-0.4, -0.2) is 18.2 Å². The fraction of sp³-hybridized carbons (Fsp3) is 0.318. The van der Waals surface area contributed by atoms with E-state index in [1.165, 1.54) is 7.11 Å². The Hall–Kier alpha value is -2.39. The largest absolute Gasteiger partial charge is 0.465 e. The molecule has 0 spiro atoms. The van der Waals surface area contributed by atoms with Crippen LogP contribution in [0, 0.1) is 6.92 Å². The summed E-state index contributed by atoms with van der Waals surface area (Å²) in [5, 5.41) is 10.2. The van der Waals surface area contributed by atoms with Crippen molar-refractivity contribution in [1.82, 2.24) is 0 Å². The van der Waals surface area contributed by atoms with Crippen molar-refractivity contribution in [1.29, 1.82) is 0 Å². The van der Waals surface area contributed by atoms with E-state index in [0.29, 0.717) is 5.56 Å². The Morgan fingerprint density at radius 3 is 2.04 bits per heavy atom. The van der Waals surface area contributed by atoms with E-state index in [1.807, 2.05) is 51.1 Å². The third-order valence-corrected chi connectivity index (χ3v) is 3.92. The maximum Gasteiger partial charge on any atom is 0.337 e. The van der Waals surface area contributed by atoms with E-state index in [-0.39, 0.29) is 5.97 Å². The number of aliphatic hydroxyl groups is 1. The van der Waals surface area contributed by atoms with E-state index in [4.69, 9.17) is 4.74 Å². The minimum absolute atomic E-state index is 0.359. The van der Waals surface area contributed by atoms with Crippen molar-refractivity contribution in [2.24, 2.45) is 0 Å². The molecule has 134 valence electrons. The summed E-state index contributed by atoms with van der Waals surface area (Å²) in [5.74, 6) is -0.359. The molecule has 0 heterocycles. The van der Waals surface area contributed by atoms with Crippen LogP contribution in [0.25, 0.3) is 5.57 Å². The summed E-state index contributed by atoms with van der Waals surface area (Å²) in [5.41, 5.74) is 4.28. The van der Waals surface area contributed by atoms with Crippen LogP contribution in [0.3, 0.4) is 0 Å². The van der Waals surface area contributed by atoms with Crippen molar-refractivity contribution in [3.8, 4) is 0 Å². The van der Waals surface area contributed by atoms with Crippen molar-refractivity contribution in [2.75, 3.05) is 7.11 Å². The minimum atomic E-state index is -0.905. The number of carbonyl (C=O) groups is 1. The molecule has 0 radical (unpaired) electrons.